The van der Waals surface area contributed by atoms with Crippen molar-refractivity contribution in [3.05, 3.63) is 106 Å². The Bertz CT molecular complexity index is 2180. The number of anilines is 1. The average Bonchev–Trinajstić information content (AvgIpc) is 3.67. The van der Waals surface area contributed by atoms with Crippen LogP contribution in [0, 0.1) is 11.7 Å². The van der Waals surface area contributed by atoms with Gasteiger partial charge in [-0.2, -0.15) is 13.2 Å². The standard InChI is InChI=1S/C40H40ClF4N5O4S2/c1-39(2,3)54-38(51)50(16-12-25-9-13-46-14-10-25)22-30-18-28(11-15-47-30)31-19-27(26-5-4-6-29(17-26)40(43,44)45)7-8-34(31)53-35-21-33(42)36(20-32(35)41)56(52)49-37-23-55-24-48-37/h4-8,11,15,17-21,23-25,46,49H,9-10,12-14,16,22H2,1-3H3. The van der Waals surface area contributed by atoms with Gasteiger partial charge in [0.2, 0.25) is 0 Å². The molecule has 0 saturated carbocycles. The number of rotatable bonds is 12. The normalized spacial score (nSPS) is 14.3. The lowest BCUT2D eigenvalue weighted by Gasteiger charge is -2.29. The molecule has 1 unspecified atom stereocenters. The molecule has 2 N–H and O–H groups in total. The van der Waals surface area contributed by atoms with E-state index in [9.17, 15) is 22.2 Å². The van der Waals surface area contributed by atoms with Gasteiger partial charge < -0.3 is 19.7 Å². The Morgan fingerprint density at radius 1 is 1.00 bits per heavy atom. The highest BCUT2D eigenvalue weighted by Crippen LogP contribution is 2.41. The van der Waals surface area contributed by atoms with Crippen LogP contribution in [0.4, 0.5) is 28.2 Å². The number of carbonyl (C=O) groups excluding carboxylic acids is 1. The third kappa shape index (κ3) is 10.8. The number of carbonyl (C=O) groups is 1. The highest BCUT2D eigenvalue weighted by molar-refractivity contribution is 7.86. The highest BCUT2D eigenvalue weighted by atomic mass is 35.5. The van der Waals surface area contributed by atoms with Crippen LogP contribution >= 0.6 is 22.9 Å². The number of hydrogen-bond donors (Lipinski definition) is 2. The molecule has 1 fully saturated rings. The van der Waals surface area contributed by atoms with E-state index in [2.05, 4.69) is 20.0 Å². The topological polar surface area (TPSA) is 106 Å². The third-order valence-electron chi connectivity index (χ3n) is 8.94. The Kier molecular flexibility index (Phi) is 13.0. The molecule has 1 saturated heterocycles. The summed E-state index contributed by atoms with van der Waals surface area (Å²) in [6.45, 7) is 7.85. The molecule has 1 aliphatic heterocycles. The molecule has 0 aliphatic carbocycles. The summed E-state index contributed by atoms with van der Waals surface area (Å²) in [5.74, 6) is 0.0186. The van der Waals surface area contributed by atoms with Crippen molar-refractivity contribution in [2.45, 2.75) is 63.3 Å². The summed E-state index contributed by atoms with van der Waals surface area (Å²) in [5, 5.41) is 4.94. The van der Waals surface area contributed by atoms with Crippen LogP contribution in [0.25, 0.3) is 22.3 Å². The zero-order valence-electron chi connectivity index (χ0n) is 30.8. The number of hydrogen-bond acceptors (Lipinski definition) is 8. The molecule has 56 heavy (non-hydrogen) atoms. The minimum Gasteiger partial charge on any atom is -0.455 e. The number of amides is 1. The van der Waals surface area contributed by atoms with Crippen molar-refractivity contribution in [2.75, 3.05) is 24.4 Å². The Labute approximate surface area is 334 Å². The molecular weight excluding hydrogens is 790 g/mol. The number of pyridine rings is 1. The average molecular weight is 830 g/mol. The van der Waals surface area contributed by atoms with Crippen LogP contribution in [0.1, 0.15) is 51.3 Å². The predicted octanol–water partition coefficient (Wildman–Crippen LogP) is 10.7. The summed E-state index contributed by atoms with van der Waals surface area (Å²) in [6, 6.07) is 15.4. The fourth-order valence-electron chi connectivity index (χ4n) is 6.16. The molecule has 1 aliphatic rings. The molecule has 1 atom stereocenters. The Morgan fingerprint density at radius 2 is 1.77 bits per heavy atom. The summed E-state index contributed by atoms with van der Waals surface area (Å²) in [7, 11) is -2.02. The fourth-order valence-corrected chi connectivity index (χ4v) is 7.86. The molecule has 16 heteroatoms. The molecule has 2 aromatic heterocycles. The smallest absolute Gasteiger partial charge is 0.416 e. The molecule has 0 spiro atoms. The lowest BCUT2D eigenvalue weighted by Crippen LogP contribution is -2.38. The van der Waals surface area contributed by atoms with Gasteiger partial charge in [0, 0.05) is 29.8 Å². The number of aromatic nitrogens is 2. The van der Waals surface area contributed by atoms with Gasteiger partial charge in [0.05, 0.1) is 33.2 Å². The van der Waals surface area contributed by atoms with Gasteiger partial charge in [-0.25, -0.2) is 18.4 Å². The van der Waals surface area contributed by atoms with Gasteiger partial charge in [0.15, 0.2) is 11.0 Å². The molecule has 9 nitrogen and oxygen atoms in total. The van der Waals surface area contributed by atoms with E-state index in [1.807, 2.05) is 0 Å². The lowest BCUT2D eigenvalue weighted by atomic mass is 9.94. The SMILES string of the molecule is CC(C)(C)OC(=O)N(CCC1CCNCC1)Cc1cc(-c2cc(-c3cccc(C(F)(F)F)c3)ccc2Oc2cc(F)c(S(=O)Nc3cscn3)cc2Cl)ccn1. The van der Waals surface area contributed by atoms with Crippen LogP contribution in [0.5, 0.6) is 11.5 Å². The zero-order chi connectivity index (χ0) is 40.0. The maximum absolute atomic E-state index is 15.4. The quantitative estimate of drug-likeness (QED) is 0.121. The molecule has 0 bridgehead atoms. The number of ether oxygens (including phenoxy) is 2. The van der Waals surface area contributed by atoms with E-state index >= 15 is 4.39 Å². The van der Waals surface area contributed by atoms with Gasteiger partial charge in [-0.05, 0) is 118 Å². The highest BCUT2D eigenvalue weighted by Gasteiger charge is 2.31. The van der Waals surface area contributed by atoms with Crippen molar-refractivity contribution < 1.29 is 36.0 Å². The third-order valence-corrected chi connectivity index (χ3v) is 10.9. The predicted molar refractivity (Wildman–Crippen MR) is 211 cm³/mol. The van der Waals surface area contributed by atoms with Crippen molar-refractivity contribution in [1.29, 1.82) is 0 Å². The van der Waals surface area contributed by atoms with Crippen molar-refractivity contribution in [3.63, 3.8) is 0 Å². The summed E-state index contributed by atoms with van der Waals surface area (Å²) < 4.78 is 84.0. The van der Waals surface area contributed by atoms with E-state index in [1.54, 1.807) is 73.6 Å². The fraction of sp³-hybridized carbons (Fsp3) is 0.325. The minimum atomic E-state index is -4.55. The van der Waals surface area contributed by atoms with Crippen molar-refractivity contribution >= 4 is 45.8 Å². The summed E-state index contributed by atoms with van der Waals surface area (Å²) in [4.78, 5) is 23.4. The summed E-state index contributed by atoms with van der Waals surface area (Å²) in [5.41, 5.74) is 2.27. The molecule has 3 aromatic carbocycles. The first kappa shape index (κ1) is 41.1. The number of nitrogens with one attached hydrogen (secondary N) is 2. The van der Waals surface area contributed by atoms with Gasteiger partial charge in [-0.1, -0.05) is 29.8 Å². The molecule has 5 aromatic rings. The van der Waals surface area contributed by atoms with Gasteiger partial charge >= 0.3 is 12.3 Å². The van der Waals surface area contributed by atoms with Crippen molar-refractivity contribution in [1.82, 2.24) is 20.2 Å². The van der Waals surface area contributed by atoms with Gasteiger partial charge in [0.1, 0.15) is 28.7 Å². The van der Waals surface area contributed by atoms with Crippen LogP contribution in [0.2, 0.25) is 5.02 Å². The Hall–Kier alpha value is -4.57. The molecular formula is C40H40ClF4N5O4S2. The molecule has 296 valence electrons. The molecule has 3 heterocycles. The number of halogens is 5. The zero-order valence-corrected chi connectivity index (χ0v) is 33.2. The number of piperidine rings is 1. The number of benzene rings is 3. The van der Waals surface area contributed by atoms with Crippen LogP contribution in [-0.4, -0.2) is 50.4 Å². The largest absolute Gasteiger partial charge is 0.455 e. The van der Waals surface area contributed by atoms with Gasteiger partial charge in [-0.3, -0.25) is 9.71 Å². The van der Waals surface area contributed by atoms with Crippen molar-refractivity contribution in [3.8, 4) is 33.8 Å². The van der Waals surface area contributed by atoms with E-state index in [0.717, 1.165) is 50.6 Å². The number of nitrogens with zero attached hydrogens (tertiary/aromatic N) is 3. The second-order valence-electron chi connectivity index (χ2n) is 14.3. The molecule has 1 amide bonds. The summed E-state index contributed by atoms with van der Waals surface area (Å²) >= 11 is 7.85. The maximum Gasteiger partial charge on any atom is 0.416 e. The van der Waals surface area contributed by atoms with E-state index < -0.39 is 40.2 Å². The first-order chi connectivity index (χ1) is 26.6. The van der Waals surface area contributed by atoms with Crippen LogP contribution in [-0.2, 0) is 28.4 Å². The Morgan fingerprint density at radius 3 is 2.48 bits per heavy atom. The van der Waals surface area contributed by atoms with Gasteiger partial charge in [-0.15, -0.1) is 11.3 Å². The lowest BCUT2D eigenvalue weighted by molar-refractivity contribution is -0.137. The van der Waals surface area contributed by atoms with Crippen LogP contribution in [0.15, 0.2) is 88.7 Å². The number of alkyl halides is 3. The minimum absolute atomic E-state index is 0.0418. The van der Waals surface area contributed by atoms with Crippen molar-refractivity contribution in [2.24, 2.45) is 5.92 Å². The number of thiazole rings is 1. The van der Waals surface area contributed by atoms with E-state index in [1.165, 1.54) is 29.0 Å². The van der Waals surface area contributed by atoms with E-state index in [4.69, 9.17) is 21.1 Å². The molecule has 0 radical (unpaired) electrons. The monoisotopic (exact) mass is 829 g/mol. The molecule has 6 rings (SSSR count). The Balaban J connectivity index is 1.35. The van der Waals surface area contributed by atoms with E-state index in [-0.39, 0.29) is 28.0 Å². The van der Waals surface area contributed by atoms with Crippen LogP contribution < -0.4 is 14.8 Å². The second kappa shape index (κ2) is 17.7. The summed E-state index contributed by atoms with van der Waals surface area (Å²) in [6.07, 6.45) is -0.642. The van der Waals surface area contributed by atoms with E-state index in [0.29, 0.717) is 46.2 Å². The van der Waals surface area contributed by atoms with Crippen LogP contribution in [0.3, 0.4) is 0 Å². The first-order valence-corrected chi connectivity index (χ1v) is 20.3. The first-order valence-electron chi connectivity index (χ1n) is 17.8. The second-order valence-corrected chi connectivity index (χ2v) is 16.6. The van der Waals surface area contributed by atoms with Gasteiger partial charge in [0.25, 0.3) is 0 Å². The maximum atomic E-state index is 15.4.